The molecule has 2 fully saturated rings. The second-order valence-electron chi connectivity index (χ2n) is 8.80. The molecule has 4 rings (SSSR count). The van der Waals surface area contributed by atoms with Gasteiger partial charge >= 0.3 is 0 Å². The molecule has 1 aliphatic carbocycles. The maximum absolute atomic E-state index is 13.1. The minimum atomic E-state index is -0.283. The fourth-order valence-corrected chi connectivity index (χ4v) is 4.92. The number of benzene rings is 2. The number of ether oxygens (including phenoxy) is 3. The van der Waals surface area contributed by atoms with Crippen LogP contribution in [0.1, 0.15) is 50.4 Å². The molecule has 0 spiro atoms. The first-order valence-corrected chi connectivity index (χ1v) is 11.3. The molecule has 3 nitrogen and oxygen atoms in total. The normalized spacial score (nSPS) is 27.1. The quantitative estimate of drug-likeness (QED) is 0.493. The Morgan fingerprint density at radius 3 is 2.03 bits per heavy atom. The number of halogens is 1. The molecule has 0 radical (unpaired) electrons. The summed E-state index contributed by atoms with van der Waals surface area (Å²) in [5.41, 5.74) is 3.11. The molecule has 0 unspecified atom stereocenters. The van der Waals surface area contributed by atoms with Crippen LogP contribution < -0.4 is 0 Å². The van der Waals surface area contributed by atoms with Crippen molar-refractivity contribution < 1.29 is 18.6 Å². The lowest BCUT2D eigenvalue weighted by molar-refractivity contribution is -0.214. The third kappa shape index (κ3) is 5.48. The molecular weight excluding hydrogens is 379 g/mol. The van der Waals surface area contributed by atoms with Crippen LogP contribution in [0, 0.1) is 23.6 Å². The number of hydrogen-bond donors (Lipinski definition) is 0. The van der Waals surface area contributed by atoms with E-state index < -0.39 is 0 Å². The predicted molar refractivity (Wildman–Crippen MR) is 117 cm³/mol. The number of hydrogen-bond acceptors (Lipinski definition) is 3. The summed E-state index contributed by atoms with van der Waals surface area (Å²) in [5, 5.41) is 0. The third-order valence-electron chi connectivity index (χ3n) is 6.80. The van der Waals surface area contributed by atoms with E-state index in [9.17, 15) is 4.39 Å². The Hall–Kier alpha value is -1.75. The minimum Gasteiger partial charge on any atom is -0.385 e. The Morgan fingerprint density at radius 2 is 1.43 bits per heavy atom. The van der Waals surface area contributed by atoms with Gasteiger partial charge in [-0.25, -0.2) is 4.39 Å². The molecule has 162 valence electrons. The SMILES string of the molecule is COCCC[C@H]1CC[C@H](C2COC(c3ccc(-c4ccc(F)cc4)cc3)OC2)CC1. The van der Waals surface area contributed by atoms with Crippen molar-refractivity contribution in [2.45, 2.75) is 44.8 Å². The zero-order valence-electron chi connectivity index (χ0n) is 17.9. The number of rotatable bonds is 7. The van der Waals surface area contributed by atoms with Crippen molar-refractivity contribution in [3.05, 3.63) is 59.9 Å². The molecule has 2 aromatic rings. The van der Waals surface area contributed by atoms with E-state index in [2.05, 4.69) is 12.1 Å². The lowest BCUT2D eigenvalue weighted by Crippen LogP contribution is -2.34. The van der Waals surface area contributed by atoms with Gasteiger partial charge in [0.15, 0.2) is 6.29 Å². The zero-order valence-corrected chi connectivity index (χ0v) is 17.9. The van der Waals surface area contributed by atoms with E-state index in [0.29, 0.717) is 5.92 Å². The van der Waals surface area contributed by atoms with Gasteiger partial charge in [0.2, 0.25) is 0 Å². The largest absolute Gasteiger partial charge is 0.385 e. The molecule has 1 heterocycles. The highest BCUT2D eigenvalue weighted by Gasteiger charge is 2.32. The Balaban J connectivity index is 1.24. The van der Waals surface area contributed by atoms with Crippen LogP contribution in [-0.4, -0.2) is 26.9 Å². The van der Waals surface area contributed by atoms with Crippen LogP contribution >= 0.6 is 0 Å². The van der Waals surface area contributed by atoms with Crippen LogP contribution in [0.4, 0.5) is 4.39 Å². The Kier molecular flexibility index (Phi) is 7.53. The molecule has 2 aliphatic rings. The first-order chi connectivity index (χ1) is 14.7. The summed E-state index contributed by atoms with van der Waals surface area (Å²) in [6.45, 7) is 2.45. The standard InChI is InChI=1S/C26H33FO3/c1-28-16-2-3-19-4-6-22(7-5-19)24-17-29-26(30-18-24)23-10-8-20(9-11-23)21-12-14-25(27)15-13-21/h8-15,19,22,24,26H,2-7,16-18H2,1H3/t19-,22-,24?,26?. The maximum atomic E-state index is 13.1. The van der Waals surface area contributed by atoms with Crippen LogP contribution in [-0.2, 0) is 14.2 Å². The summed E-state index contributed by atoms with van der Waals surface area (Å²) in [4.78, 5) is 0. The molecule has 0 N–H and O–H groups in total. The molecule has 4 heteroatoms. The van der Waals surface area contributed by atoms with Crippen LogP contribution in [0.25, 0.3) is 11.1 Å². The monoisotopic (exact) mass is 412 g/mol. The van der Waals surface area contributed by atoms with Crippen molar-refractivity contribution >= 4 is 0 Å². The molecule has 0 aromatic heterocycles. The van der Waals surface area contributed by atoms with Crippen LogP contribution in [0.5, 0.6) is 0 Å². The van der Waals surface area contributed by atoms with E-state index in [1.54, 1.807) is 19.2 Å². The smallest absolute Gasteiger partial charge is 0.183 e. The van der Waals surface area contributed by atoms with E-state index in [1.165, 1.54) is 50.7 Å². The van der Waals surface area contributed by atoms with Gasteiger partial charge in [0, 0.05) is 25.2 Å². The first kappa shape index (κ1) is 21.5. The van der Waals surface area contributed by atoms with Crippen molar-refractivity contribution in [3.8, 4) is 11.1 Å². The molecule has 1 saturated carbocycles. The Bertz CT molecular complexity index is 758. The molecule has 1 aliphatic heterocycles. The average Bonchev–Trinajstić information content (AvgIpc) is 2.81. The van der Waals surface area contributed by atoms with E-state index in [1.807, 2.05) is 12.1 Å². The van der Waals surface area contributed by atoms with Crippen molar-refractivity contribution in [3.63, 3.8) is 0 Å². The van der Waals surface area contributed by atoms with E-state index in [0.717, 1.165) is 48.3 Å². The predicted octanol–water partition coefficient (Wildman–Crippen LogP) is 6.39. The summed E-state index contributed by atoms with van der Waals surface area (Å²) < 4.78 is 30.5. The first-order valence-electron chi connectivity index (χ1n) is 11.3. The van der Waals surface area contributed by atoms with Crippen LogP contribution in [0.2, 0.25) is 0 Å². The summed E-state index contributed by atoms with van der Waals surface area (Å²) >= 11 is 0. The van der Waals surface area contributed by atoms with Gasteiger partial charge in [-0.1, -0.05) is 49.2 Å². The van der Waals surface area contributed by atoms with E-state index in [4.69, 9.17) is 14.2 Å². The van der Waals surface area contributed by atoms with Crippen molar-refractivity contribution in [1.82, 2.24) is 0 Å². The van der Waals surface area contributed by atoms with Gasteiger partial charge < -0.3 is 14.2 Å². The second-order valence-corrected chi connectivity index (χ2v) is 8.80. The molecular formula is C26H33FO3. The van der Waals surface area contributed by atoms with E-state index in [-0.39, 0.29) is 12.1 Å². The van der Waals surface area contributed by atoms with Crippen LogP contribution in [0.3, 0.4) is 0 Å². The molecule has 1 saturated heterocycles. The molecule has 0 amide bonds. The Morgan fingerprint density at radius 1 is 0.833 bits per heavy atom. The maximum Gasteiger partial charge on any atom is 0.183 e. The second kappa shape index (κ2) is 10.5. The van der Waals surface area contributed by atoms with Gasteiger partial charge in [-0.2, -0.15) is 0 Å². The molecule has 0 atom stereocenters. The van der Waals surface area contributed by atoms with Crippen LogP contribution in [0.15, 0.2) is 48.5 Å². The highest BCUT2D eigenvalue weighted by molar-refractivity contribution is 5.63. The fraction of sp³-hybridized carbons (Fsp3) is 0.538. The molecule has 0 bridgehead atoms. The van der Waals surface area contributed by atoms with Crippen molar-refractivity contribution in [2.24, 2.45) is 17.8 Å². The lowest BCUT2D eigenvalue weighted by Gasteiger charge is -2.38. The van der Waals surface area contributed by atoms with Gasteiger partial charge in [-0.3, -0.25) is 0 Å². The summed E-state index contributed by atoms with van der Waals surface area (Å²) in [5.74, 6) is 1.90. The highest BCUT2D eigenvalue weighted by atomic mass is 19.1. The lowest BCUT2D eigenvalue weighted by atomic mass is 9.75. The molecule has 2 aromatic carbocycles. The van der Waals surface area contributed by atoms with Crippen molar-refractivity contribution in [1.29, 1.82) is 0 Å². The summed E-state index contributed by atoms with van der Waals surface area (Å²) in [6, 6.07) is 14.8. The molecule has 30 heavy (non-hydrogen) atoms. The van der Waals surface area contributed by atoms with Crippen molar-refractivity contribution in [2.75, 3.05) is 26.9 Å². The summed E-state index contributed by atoms with van der Waals surface area (Å²) in [7, 11) is 1.78. The number of methoxy groups -OCH3 is 1. The Labute approximate surface area is 179 Å². The van der Waals surface area contributed by atoms with Gasteiger partial charge in [0.25, 0.3) is 0 Å². The topological polar surface area (TPSA) is 27.7 Å². The third-order valence-corrected chi connectivity index (χ3v) is 6.80. The van der Waals surface area contributed by atoms with Gasteiger partial charge in [0.1, 0.15) is 5.82 Å². The van der Waals surface area contributed by atoms with Gasteiger partial charge in [-0.05, 0) is 60.8 Å². The average molecular weight is 413 g/mol. The zero-order chi connectivity index (χ0) is 20.8. The highest BCUT2D eigenvalue weighted by Crippen LogP contribution is 2.38. The summed E-state index contributed by atoms with van der Waals surface area (Å²) in [6.07, 6.45) is 7.46. The van der Waals surface area contributed by atoms with Gasteiger partial charge in [0.05, 0.1) is 13.2 Å². The van der Waals surface area contributed by atoms with Gasteiger partial charge in [-0.15, -0.1) is 0 Å². The van der Waals surface area contributed by atoms with E-state index >= 15 is 0 Å². The minimum absolute atomic E-state index is 0.214. The fourth-order valence-electron chi connectivity index (χ4n) is 4.92.